The van der Waals surface area contributed by atoms with Gasteiger partial charge in [0.2, 0.25) is 0 Å². The first-order valence-electron chi connectivity index (χ1n) is 7.54. The number of hydrogen-bond donors (Lipinski definition) is 2. The highest BCUT2D eigenvalue weighted by Crippen LogP contribution is 2.54. The molecule has 1 aromatic heterocycles. The van der Waals surface area contributed by atoms with Gasteiger partial charge in [-0.15, -0.1) is 0 Å². The molecule has 1 spiro atoms. The van der Waals surface area contributed by atoms with Gasteiger partial charge in [0.25, 0.3) is 0 Å². The lowest BCUT2D eigenvalue weighted by atomic mass is 9.60. The normalized spacial score (nSPS) is 28.7. The lowest BCUT2D eigenvalue weighted by Gasteiger charge is -2.54. The van der Waals surface area contributed by atoms with Gasteiger partial charge >= 0.3 is 0 Å². The second-order valence-electron chi connectivity index (χ2n) is 5.81. The SMILES string of the molecule is CCOC1CC(NCCc2ncn[nH]2)C12CCCC2. The molecule has 5 heteroatoms. The summed E-state index contributed by atoms with van der Waals surface area (Å²) >= 11 is 0. The van der Waals surface area contributed by atoms with Crippen molar-refractivity contribution in [3.63, 3.8) is 0 Å². The fraction of sp³-hybridized carbons (Fsp3) is 0.857. The number of nitrogens with zero attached hydrogens (tertiary/aromatic N) is 2. The second kappa shape index (κ2) is 5.59. The molecular weight excluding hydrogens is 240 g/mol. The average Bonchev–Trinajstić information content (AvgIpc) is 3.09. The summed E-state index contributed by atoms with van der Waals surface area (Å²) in [7, 11) is 0. The smallest absolute Gasteiger partial charge is 0.137 e. The Bertz CT molecular complexity index is 386. The minimum absolute atomic E-state index is 0.428. The highest BCUT2D eigenvalue weighted by molar-refractivity contribution is 5.10. The van der Waals surface area contributed by atoms with E-state index < -0.39 is 0 Å². The summed E-state index contributed by atoms with van der Waals surface area (Å²) in [6.07, 6.45) is 9.55. The van der Waals surface area contributed by atoms with E-state index in [0.29, 0.717) is 17.6 Å². The molecule has 1 heterocycles. The number of nitrogens with one attached hydrogen (secondary N) is 2. The molecule has 2 N–H and O–H groups in total. The van der Waals surface area contributed by atoms with Gasteiger partial charge in [0.1, 0.15) is 12.2 Å². The Labute approximate surface area is 114 Å². The van der Waals surface area contributed by atoms with E-state index in [0.717, 1.165) is 25.4 Å². The first-order valence-corrected chi connectivity index (χ1v) is 7.54. The molecular formula is C14H24N4O. The third-order valence-electron chi connectivity index (χ3n) is 4.90. The number of rotatable bonds is 6. The summed E-state index contributed by atoms with van der Waals surface area (Å²) in [5, 5.41) is 10.5. The Balaban J connectivity index is 1.51. The summed E-state index contributed by atoms with van der Waals surface area (Å²) in [5.74, 6) is 0.966. The summed E-state index contributed by atoms with van der Waals surface area (Å²) in [5.41, 5.74) is 0.428. The molecule has 5 nitrogen and oxygen atoms in total. The van der Waals surface area contributed by atoms with Gasteiger partial charge in [-0.1, -0.05) is 12.8 Å². The molecule has 2 aliphatic carbocycles. The molecule has 0 saturated heterocycles. The van der Waals surface area contributed by atoms with Gasteiger partial charge in [0.05, 0.1) is 6.10 Å². The van der Waals surface area contributed by atoms with E-state index in [-0.39, 0.29) is 0 Å². The molecule has 106 valence electrons. The monoisotopic (exact) mass is 264 g/mol. The first-order chi connectivity index (χ1) is 9.35. The van der Waals surface area contributed by atoms with Crippen LogP contribution in [0, 0.1) is 5.41 Å². The van der Waals surface area contributed by atoms with Crippen LogP contribution in [0.4, 0.5) is 0 Å². The van der Waals surface area contributed by atoms with Crippen LogP contribution in [0.1, 0.15) is 44.9 Å². The number of aromatic amines is 1. The summed E-state index contributed by atoms with van der Waals surface area (Å²) in [4.78, 5) is 4.16. The van der Waals surface area contributed by atoms with Gasteiger partial charge in [-0.05, 0) is 26.2 Å². The van der Waals surface area contributed by atoms with Gasteiger partial charge in [-0.2, -0.15) is 5.10 Å². The van der Waals surface area contributed by atoms with E-state index in [1.54, 1.807) is 6.33 Å². The van der Waals surface area contributed by atoms with Crippen molar-refractivity contribution >= 4 is 0 Å². The van der Waals surface area contributed by atoms with Crippen molar-refractivity contribution in [2.75, 3.05) is 13.2 Å². The van der Waals surface area contributed by atoms with Crippen LogP contribution >= 0.6 is 0 Å². The van der Waals surface area contributed by atoms with Gasteiger partial charge in [0.15, 0.2) is 0 Å². The van der Waals surface area contributed by atoms with Gasteiger partial charge in [-0.3, -0.25) is 5.10 Å². The topological polar surface area (TPSA) is 62.8 Å². The number of ether oxygens (including phenoxy) is 1. The molecule has 3 rings (SSSR count). The molecule has 2 fully saturated rings. The quantitative estimate of drug-likeness (QED) is 0.820. The lowest BCUT2D eigenvalue weighted by Crippen LogP contribution is -2.62. The molecule has 0 radical (unpaired) electrons. The molecule has 2 saturated carbocycles. The van der Waals surface area contributed by atoms with E-state index in [1.165, 1.54) is 32.1 Å². The fourth-order valence-electron chi connectivity index (χ4n) is 3.89. The van der Waals surface area contributed by atoms with Crippen LogP contribution in [0.2, 0.25) is 0 Å². The zero-order valence-electron chi connectivity index (χ0n) is 11.7. The fourth-order valence-corrected chi connectivity index (χ4v) is 3.89. The molecule has 1 aromatic rings. The molecule has 0 aromatic carbocycles. The summed E-state index contributed by atoms with van der Waals surface area (Å²) < 4.78 is 5.93. The zero-order chi connectivity index (χ0) is 13.1. The first kappa shape index (κ1) is 13.1. The predicted octanol–water partition coefficient (Wildman–Crippen LogP) is 1.67. The van der Waals surface area contributed by atoms with E-state index >= 15 is 0 Å². The maximum Gasteiger partial charge on any atom is 0.137 e. The predicted molar refractivity (Wildman–Crippen MR) is 72.8 cm³/mol. The summed E-state index contributed by atoms with van der Waals surface area (Å²) in [6, 6.07) is 0.634. The average molecular weight is 264 g/mol. The second-order valence-corrected chi connectivity index (χ2v) is 5.81. The van der Waals surface area contributed by atoms with E-state index in [1.807, 2.05) is 0 Å². The van der Waals surface area contributed by atoms with Crippen molar-refractivity contribution in [1.29, 1.82) is 0 Å². The Morgan fingerprint density at radius 2 is 2.32 bits per heavy atom. The Morgan fingerprint density at radius 3 is 3.00 bits per heavy atom. The van der Waals surface area contributed by atoms with Crippen molar-refractivity contribution in [2.24, 2.45) is 5.41 Å². The zero-order valence-corrected chi connectivity index (χ0v) is 11.7. The third-order valence-corrected chi connectivity index (χ3v) is 4.90. The Hall–Kier alpha value is -0.940. The van der Waals surface area contributed by atoms with Gasteiger partial charge in [0, 0.05) is 31.0 Å². The maximum absolute atomic E-state index is 5.93. The maximum atomic E-state index is 5.93. The van der Waals surface area contributed by atoms with Gasteiger partial charge in [-0.25, -0.2) is 4.98 Å². The highest BCUT2D eigenvalue weighted by atomic mass is 16.5. The summed E-state index contributed by atoms with van der Waals surface area (Å²) in [6.45, 7) is 3.92. The third kappa shape index (κ3) is 2.41. The molecule has 0 bridgehead atoms. The van der Waals surface area contributed by atoms with Crippen LogP contribution in [0.5, 0.6) is 0 Å². The largest absolute Gasteiger partial charge is 0.378 e. The van der Waals surface area contributed by atoms with E-state index in [9.17, 15) is 0 Å². The van der Waals surface area contributed by atoms with Gasteiger partial charge < -0.3 is 10.1 Å². The van der Waals surface area contributed by atoms with Crippen LogP contribution in [0.25, 0.3) is 0 Å². The van der Waals surface area contributed by atoms with Crippen LogP contribution < -0.4 is 5.32 Å². The van der Waals surface area contributed by atoms with Crippen LogP contribution in [0.15, 0.2) is 6.33 Å². The van der Waals surface area contributed by atoms with Crippen LogP contribution in [0.3, 0.4) is 0 Å². The molecule has 2 unspecified atom stereocenters. The van der Waals surface area contributed by atoms with E-state index in [2.05, 4.69) is 27.4 Å². The Kier molecular flexibility index (Phi) is 3.84. The van der Waals surface area contributed by atoms with Crippen molar-refractivity contribution in [3.8, 4) is 0 Å². The number of H-pyrrole nitrogens is 1. The molecule has 2 atom stereocenters. The molecule has 0 amide bonds. The number of hydrogen-bond acceptors (Lipinski definition) is 4. The van der Waals surface area contributed by atoms with Crippen LogP contribution in [-0.2, 0) is 11.2 Å². The van der Waals surface area contributed by atoms with Crippen molar-refractivity contribution < 1.29 is 4.74 Å². The van der Waals surface area contributed by atoms with Crippen LogP contribution in [-0.4, -0.2) is 40.5 Å². The number of aromatic nitrogens is 3. The van der Waals surface area contributed by atoms with Crippen molar-refractivity contribution in [1.82, 2.24) is 20.5 Å². The van der Waals surface area contributed by atoms with Crippen molar-refractivity contribution in [3.05, 3.63) is 12.2 Å². The lowest BCUT2D eigenvalue weighted by molar-refractivity contribution is -0.130. The molecule has 0 aliphatic heterocycles. The highest BCUT2D eigenvalue weighted by Gasteiger charge is 2.56. The Morgan fingerprint density at radius 1 is 1.47 bits per heavy atom. The van der Waals surface area contributed by atoms with Crippen molar-refractivity contribution in [2.45, 2.75) is 57.6 Å². The molecule has 19 heavy (non-hydrogen) atoms. The standard InChI is InChI=1S/C14H24N4O/c1-2-19-12-9-11(14(12)6-3-4-7-14)15-8-5-13-16-10-17-18-13/h10-12,15H,2-9H2,1H3,(H,16,17,18). The molecule has 2 aliphatic rings. The minimum Gasteiger partial charge on any atom is -0.378 e. The van der Waals surface area contributed by atoms with E-state index in [4.69, 9.17) is 4.74 Å². The minimum atomic E-state index is 0.428.